The second-order valence-electron chi connectivity index (χ2n) is 4.10. The second-order valence-corrected chi connectivity index (χ2v) is 4.10. The van der Waals surface area contributed by atoms with Gasteiger partial charge in [0.25, 0.3) is 0 Å². The third-order valence-corrected chi connectivity index (χ3v) is 2.71. The molecule has 1 heterocycles. The third-order valence-electron chi connectivity index (χ3n) is 2.71. The van der Waals surface area contributed by atoms with Gasteiger partial charge < -0.3 is 9.47 Å². The van der Waals surface area contributed by atoms with Gasteiger partial charge in [0.05, 0.1) is 11.7 Å². The molecule has 3 heteroatoms. The Hall–Kier alpha value is -1.35. The smallest absolute Gasteiger partial charge is 0.338 e. The minimum Gasteiger partial charge on any atom is -0.459 e. The maximum atomic E-state index is 11.6. The lowest BCUT2D eigenvalue weighted by atomic mass is 10.1. The van der Waals surface area contributed by atoms with E-state index in [-0.39, 0.29) is 12.1 Å². The van der Waals surface area contributed by atoms with Gasteiger partial charge in [-0.25, -0.2) is 4.79 Å². The normalized spacial score (nSPS) is 19.7. The number of carbonyl (C=O) groups is 1. The maximum Gasteiger partial charge on any atom is 0.338 e. The van der Waals surface area contributed by atoms with Gasteiger partial charge in [-0.15, -0.1) is 0 Å². The Morgan fingerprint density at radius 3 is 2.81 bits per heavy atom. The van der Waals surface area contributed by atoms with Gasteiger partial charge >= 0.3 is 5.97 Å². The van der Waals surface area contributed by atoms with Crippen molar-refractivity contribution in [3.05, 3.63) is 35.4 Å². The molecule has 0 saturated carbocycles. The van der Waals surface area contributed by atoms with Crippen molar-refractivity contribution in [3.63, 3.8) is 0 Å². The van der Waals surface area contributed by atoms with E-state index in [4.69, 9.17) is 9.47 Å². The molecule has 0 radical (unpaired) electrons. The van der Waals surface area contributed by atoms with Crippen molar-refractivity contribution in [2.45, 2.75) is 25.9 Å². The fourth-order valence-electron chi connectivity index (χ4n) is 1.72. The summed E-state index contributed by atoms with van der Waals surface area (Å²) in [5.41, 5.74) is 1.74. The van der Waals surface area contributed by atoms with Crippen molar-refractivity contribution >= 4 is 5.97 Å². The van der Waals surface area contributed by atoms with Crippen molar-refractivity contribution in [3.8, 4) is 0 Å². The monoisotopic (exact) mass is 220 g/mol. The van der Waals surface area contributed by atoms with Crippen LogP contribution in [0.1, 0.15) is 28.8 Å². The lowest BCUT2D eigenvalue weighted by Crippen LogP contribution is -2.17. The molecule has 1 aromatic rings. The first-order valence-corrected chi connectivity index (χ1v) is 5.61. The van der Waals surface area contributed by atoms with Gasteiger partial charge in [0.2, 0.25) is 0 Å². The van der Waals surface area contributed by atoms with Crippen LogP contribution in [0, 0.1) is 6.92 Å². The molecule has 0 bridgehead atoms. The lowest BCUT2D eigenvalue weighted by Gasteiger charge is -2.10. The van der Waals surface area contributed by atoms with Gasteiger partial charge in [-0.3, -0.25) is 0 Å². The molecule has 1 aliphatic heterocycles. The molecule has 1 aliphatic rings. The molecule has 0 amide bonds. The van der Waals surface area contributed by atoms with Crippen LogP contribution in [0.5, 0.6) is 0 Å². The van der Waals surface area contributed by atoms with E-state index < -0.39 is 0 Å². The van der Waals surface area contributed by atoms with Crippen LogP contribution < -0.4 is 0 Å². The Bertz CT molecular complexity index is 350. The fraction of sp³-hybridized carbons (Fsp3) is 0.462. The van der Waals surface area contributed by atoms with Gasteiger partial charge in [0, 0.05) is 6.61 Å². The Morgan fingerprint density at radius 1 is 1.44 bits per heavy atom. The van der Waals surface area contributed by atoms with E-state index in [9.17, 15) is 4.79 Å². The Morgan fingerprint density at radius 2 is 2.19 bits per heavy atom. The number of carbonyl (C=O) groups excluding carboxylic acids is 1. The van der Waals surface area contributed by atoms with Crippen molar-refractivity contribution in [2.75, 3.05) is 13.2 Å². The summed E-state index contributed by atoms with van der Waals surface area (Å²) in [6, 6.07) is 7.38. The van der Waals surface area contributed by atoms with Crippen LogP contribution in [-0.4, -0.2) is 25.3 Å². The Kier molecular flexibility index (Phi) is 3.57. The van der Waals surface area contributed by atoms with E-state index in [1.54, 1.807) is 12.1 Å². The third kappa shape index (κ3) is 2.83. The van der Waals surface area contributed by atoms with Gasteiger partial charge in [-0.1, -0.05) is 17.7 Å². The molecular weight excluding hydrogens is 204 g/mol. The van der Waals surface area contributed by atoms with Crippen molar-refractivity contribution in [1.82, 2.24) is 0 Å². The minimum atomic E-state index is -0.268. The summed E-state index contributed by atoms with van der Waals surface area (Å²) >= 11 is 0. The minimum absolute atomic E-state index is 0.0920. The first kappa shape index (κ1) is 11.1. The molecule has 1 aromatic carbocycles. The number of rotatable bonds is 3. The summed E-state index contributed by atoms with van der Waals surface area (Å²) in [6.07, 6.45) is 2.14. The van der Waals surface area contributed by atoms with Crippen LogP contribution in [0.4, 0.5) is 0 Å². The predicted molar refractivity (Wildman–Crippen MR) is 60.4 cm³/mol. The molecule has 1 fully saturated rings. The zero-order valence-corrected chi connectivity index (χ0v) is 9.44. The number of hydrogen-bond donors (Lipinski definition) is 0. The fourth-order valence-corrected chi connectivity index (χ4v) is 1.72. The van der Waals surface area contributed by atoms with Crippen molar-refractivity contribution in [1.29, 1.82) is 0 Å². The molecule has 0 N–H and O–H groups in total. The molecule has 1 saturated heterocycles. The number of aryl methyl sites for hydroxylation is 1. The van der Waals surface area contributed by atoms with Crippen LogP contribution in [0.3, 0.4) is 0 Å². The first-order chi connectivity index (χ1) is 7.75. The van der Waals surface area contributed by atoms with E-state index in [2.05, 4.69) is 0 Å². The molecule has 3 nitrogen and oxygen atoms in total. The number of esters is 1. The molecule has 86 valence electrons. The SMILES string of the molecule is Cc1ccc(C(=O)OCC2CCCO2)cc1. The Balaban J connectivity index is 1.85. The average molecular weight is 220 g/mol. The van der Waals surface area contributed by atoms with Gasteiger partial charge in [0.15, 0.2) is 0 Å². The number of ether oxygens (including phenoxy) is 2. The van der Waals surface area contributed by atoms with Crippen molar-refractivity contribution in [2.24, 2.45) is 0 Å². The van der Waals surface area contributed by atoms with E-state index in [0.29, 0.717) is 12.2 Å². The zero-order valence-electron chi connectivity index (χ0n) is 9.44. The molecule has 16 heavy (non-hydrogen) atoms. The summed E-state index contributed by atoms with van der Waals surface area (Å²) in [5, 5.41) is 0. The summed E-state index contributed by atoms with van der Waals surface area (Å²) in [5.74, 6) is -0.268. The van der Waals surface area contributed by atoms with E-state index in [0.717, 1.165) is 25.0 Å². The molecule has 1 unspecified atom stereocenters. The van der Waals surface area contributed by atoms with Crippen molar-refractivity contribution < 1.29 is 14.3 Å². The van der Waals surface area contributed by atoms with E-state index in [1.165, 1.54) is 0 Å². The predicted octanol–water partition coefficient (Wildman–Crippen LogP) is 2.33. The second kappa shape index (κ2) is 5.12. The highest BCUT2D eigenvalue weighted by Crippen LogP contribution is 2.13. The standard InChI is InChI=1S/C13H16O3/c1-10-4-6-11(7-5-10)13(14)16-9-12-3-2-8-15-12/h4-7,12H,2-3,8-9H2,1H3. The average Bonchev–Trinajstić information content (AvgIpc) is 2.80. The topological polar surface area (TPSA) is 35.5 Å². The summed E-state index contributed by atoms with van der Waals surface area (Å²) in [6.45, 7) is 3.14. The van der Waals surface area contributed by atoms with Crippen LogP contribution in [-0.2, 0) is 9.47 Å². The number of benzene rings is 1. The van der Waals surface area contributed by atoms with Gasteiger partial charge in [-0.05, 0) is 31.9 Å². The highest BCUT2D eigenvalue weighted by Gasteiger charge is 2.17. The van der Waals surface area contributed by atoms with E-state index in [1.807, 2.05) is 19.1 Å². The molecule has 0 aliphatic carbocycles. The van der Waals surface area contributed by atoms with E-state index >= 15 is 0 Å². The highest BCUT2D eigenvalue weighted by molar-refractivity contribution is 5.89. The number of hydrogen-bond acceptors (Lipinski definition) is 3. The largest absolute Gasteiger partial charge is 0.459 e. The summed E-state index contributed by atoms with van der Waals surface area (Å²) in [7, 11) is 0. The lowest BCUT2D eigenvalue weighted by molar-refractivity contribution is 0.0161. The first-order valence-electron chi connectivity index (χ1n) is 5.61. The van der Waals surface area contributed by atoms with Crippen LogP contribution in [0.2, 0.25) is 0 Å². The maximum absolute atomic E-state index is 11.6. The molecular formula is C13H16O3. The summed E-state index contributed by atoms with van der Waals surface area (Å²) < 4.78 is 10.6. The zero-order chi connectivity index (χ0) is 11.4. The molecule has 1 atom stereocenters. The Labute approximate surface area is 95.4 Å². The highest BCUT2D eigenvalue weighted by atomic mass is 16.6. The molecule has 0 aromatic heterocycles. The summed E-state index contributed by atoms with van der Waals surface area (Å²) in [4.78, 5) is 11.6. The van der Waals surface area contributed by atoms with Gasteiger partial charge in [-0.2, -0.15) is 0 Å². The van der Waals surface area contributed by atoms with Crippen LogP contribution in [0.15, 0.2) is 24.3 Å². The quantitative estimate of drug-likeness (QED) is 0.733. The van der Waals surface area contributed by atoms with Crippen LogP contribution in [0.25, 0.3) is 0 Å². The molecule has 0 spiro atoms. The van der Waals surface area contributed by atoms with Crippen LogP contribution >= 0.6 is 0 Å². The van der Waals surface area contributed by atoms with Gasteiger partial charge in [0.1, 0.15) is 6.61 Å². The molecule has 2 rings (SSSR count).